The van der Waals surface area contributed by atoms with Crippen LogP contribution in [0.5, 0.6) is 0 Å². The molecule has 5 nitrogen and oxygen atoms in total. The summed E-state index contributed by atoms with van der Waals surface area (Å²) in [5.74, 6) is 1.01. The quantitative estimate of drug-likeness (QED) is 0.517. The fourth-order valence-corrected chi connectivity index (χ4v) is 3.43. The van der Waals surface area contributed by atoms with Crippen molar-refractivity contribution >= 4 is 35.0 Å². The maximum absolute atomic E-state index is 12.4. The number of nitro groups is 1. The maximum Gasteiger partial charge on any atom is 0.269 e. The fraction of sp³-hybridized carbons (Fsp3) is 0.278. The lowest BCUT2D eigenvalue weighted by Gasteiger charge is -2.25. The van der Waals surface area contributed by atoms with E-state index >= 15 is 0 Å². The van der Waals surface area contributed by atoms with Gasteiger partial charge in [0.2, 0.25) is 5.91 Å². The molecule has 0 aliphatic heterocycles. The van der Waals surface area contributed by atoms with Crippen molar-refractivity contribution in [1.29, 1.82) is 0 Å². The standard InChI is InChI=1S/C18H19ClN2O3S/c1-13(15-6-4-8-17(10-15)21(23)24)20(2)18(22)12-25-11-14-5-3-7-16(19)9-14/h3-10,13H,11-12H2,1-2H3/t13-/m0/s1. The van der Waals surface area contributed by atoms with Crippen molar-refractivity contribution < 1.29 is 9.72 Å². The van der Waals surface area contributed by atoms with Crippen LogP contribution in [0.25, 0.3) is 0 Å². The lowest BCUT2D eigenvalue weighted by atomic mass is 10.1. The summed E-state index contributed by atoms with van der Waals surface area (Å²) in [7, 11) is 1.71. The lowest BCUT2D eigenvalue weighted by Crippen LogP contribution is -2.31. The molecule has 2 aromatic carbocycles. The van der Waals surface area contributed by atoms with Crippen LogP contribution in [0.1, 0.15) is 24.1 Å². The van der Waals surface area contributed by atoms with Gasteiger partial charge in [0.1, 0.15) is 0 Å². The zero-order chi connectivity index (χ0) is 18.4. The Bertz CT molecular complexity index is 769. The molecular formula is C18H19ClN2O3S. The molecule has 7 heteroatoms. The molecule has 2 rings (SSSR count). The van der Waals surface area contributed by atoms with Crippen molar-refractivity contribution in [3.63, 3.8) is 0 Å². The molecule has 0 heterocycles. The molecule has 0 spiro atoms. The molecule has 0 aliphatic rings. The topological polar surface area (TPSA) is 63.5 Å². The zero-order valence-electron chi connectivity index (χ0n) is 14.0. The van der Waals surface area contributed by atoms with Gasteiger partial charge in [0, 0.05) is 30.0 Å². The maximum atomic E-state index is 12.4. The third-order valence-electron chi connectivity index (χ3n) is 3.92. The number of carbonyl (C=O) groups is 1. The van der Waals surface area contributed by atoms with E-state index in [4.69, 9.17) is 11.6 Å². The summed E-state index contributed by atoms with van der Waals surface area (Å²) in [5.41, 5.74) is 1.84. The summed E-state index contributed by atoms with van der Waals surface area (Å²) < 4.78 is 0. The summed E-state index contributed by atoms with van der Waals surface area (Å²) in [5, 5.41) is 11.6. The van der Waals surface area contributed by atoms with Gasteiger partial charge in [-0.3, -0.25) is 14.9 Å². The average molecular weight is 379 g/mol. The van der Waals surface area contributed by atoms with E-state index in [1.807, 2.05) is 31.2 Å². The Morgan fingerprint density at radius 1 is 1.28 bits per heavy atom. The van der Waals surface area contributed by atoms with Crippen LogP contribution < -0.4 is 0 Å². The molecule has 0 bridgehead atoms. The van der Waals surface area contributed by atoms with Crippen molar-refractivity contribution in [3.05, 3.63) is 74.8 Å². The first-order valence-electron chi connectivity index (χ1n) is 7.70. The van der Waals surface area contributed by atoms with Gasteiger partial charge in [0.05, 0.1) is 16.7 Å². The molecule has 1 amide bonds. The number of hydrogen-bond donors (Lipinski definition) is 0. The number of halogens is 1. The van der Waals surface area contributed by atoms with Gasteiger partial charge in [0.15, 0.2) is 0 Å². The van der Waals surface area contributed by atoms with E-state index in [1.54, 1.807) is 24.1 Å². The van der Waals surface area contributed by atoms with Crippen LogP contribution in [0.4, 0.5) is 5.69 Å². The van der Waals surface area contributed by atoms with Gasteiger partial charge in [0.25, 0.3) is 5.69 Å². The molecule has 0 aromatic heterocycles. The number of non-ortho nitro benzene ring substituents is 1. The highest BCUT2D eigenvalue weighted by Gasteiger charge is 2.19. The van der Waals surface area contributed by atoms with E-state index in [9.17, 15) is 14.9 Å². The van der Waals surface area contributed by atoms with Crippen LogP contribution >= 0.6 is 23.4 Å². The second-order valence-corrected chi connectivity index (χ2v) is 7.08. The Kier molecular flexibility index (Phi) is 6.84. The SMILES string of the molecule is C[C@@H](c1cccc([N+](=O)[O-])c1)N(C)C(=O)CSCc1cccc(Cl)c1. The molecule has 0 N–H and O–H groups in total. The molecule has 25 heavy (non-hydrogen) atoms. The molecule has 1 atom stereocenters. The highest BCUT2D eigenvalue weighted by molar-refractivity contribution is 7.99. The predicted octanol–water partition coefficient (Wildman–Crippen LogP) is 4.70. The van der Waals surface area contributed by atoms with E-state index < -0.39 is 4.92 Å². The largest absolute Gasteiger partial charge is 0.338 e. The van der Waals surface area contributed by atoms with Gasteiger partial charge in [-0.1, -0.05) is 35.9 Å². The van der Waals surface area contributed by atoms with Gasteiger partial charge in [-0.05, 0) is 30.2 Å². The van der Waals surface area contributed by atoms with Gasteiger partial charge in [-0.15, -0.1) is 11.8 Å². The van der Waals surface area contributed by atoms with E-state index in [-0.39, 0.29) is 17.6 Å². The monoisotopic (exact) mass is 378 g/mol. The number of hydrogen-bond acceptors (Lipinski definition) is 4. The summed E-state index contributed by atoms with van der Waals surface area (Å²) in [6, 6.07) is 13.7. The van der Waals surface area contributed by atoms with Gasteiger partial charge < -0.3 is 4.90 Å². The van der Waals surface area contributed by atoms with Crippen molar-refractivity contribution in [2.24, 2.45) is 0 Å². The number of amides is 1. The fourth-order valence-electron chi connectivity index (χ4n) is 2.32. The Balaban J connectivity index is 1.92. The van der Waals surface area contributed by atoms with Crippen LogP contribution in [0, 0.1) is 10.1 Å². The van der Waals surface area contributed by atoms with Crippen LogP contribution in [-0.2, 0) is 10.5 Å². The lowest BCUT2D eigenvalue weighted by molar-refractivity contribution is -0.384. The third kappa shape index (κ3) is 5.47. The Morgan fingerprint density at radius 3 is 2.68 bits per heavy atom. The summed E-state index contributed by atoms with van der Waals surface area (Å²) in [6.07, 6.45) is 0. The third-order valence-corrected chi connectivity index (χ3v) is 5.14. The molecule has 2 aromatic rings. The number of rotatable bonds is 7. The Hall–Kier alpha value is -2.05. The van der Waals surface area contributed by atoms with Gasteiger partial charge in [-0.2, -0.15) is 0 Å². The summed E-state index contributed by atoms with van der Waals surface area (Å²) in [4.78, 5) is 24.5. The van der Waals surface area contributed by atoms with Crippen LogP contribution in [0.3, 0.4) is 0 Å². The molecule has 0 fully saturated rings. The second kappa shape index (κ2) is 8.87. The number of thioether (sulfide) groups is 1. The molecule has 0 radical (unpaired) electrons. The van der Waals surface area contributed by atoms with Gasteiger partial charge in [-0.25, -0.2) is 0 Å². The second-order valence-electron chi connectivity index (χ2n) is 5.66. The minimum absolute atomic E-state index is 0.0222. The van der Waals surface area contributed by atoms with Crippen molar-refractivity contribution in [1.82, 2.24) is 4.90 Å². The zero-order valence-corrected chi connectivity index (χ0v) is 15.6. The summed E-state index contributed by atoms with van der Waals surface area (Å²) >= 11 is 7.46. The summed E-state index contributed by atoms with van der Waals surface area (Å²) in [6.45, 7) is 1.86. The van der Waals surface area contributed by atoms with Crippen molar-refractivity contribution in [3.8, 4) is 0 Å². The van der Waals surface area contributed by atoms with Crippen molar-refractivity contribution in [2.45, 2.75) is 18.7 Å². The Labute approximate surface area is 156 Å². The van der Waals surface area contributed by atoms with E-state index in [0.717, 1.165) is 11.1 Å². The minimum atomic E-state index is -0.432. The first-order chi connectivity index (χ1) is 11.9. The first kappa shape index (κ1) is 19.3. The highest BCUT2D eigenvalue weighted by atomic mass is 35.5. The number of nitrogens with zero attached hydrogens (tertiary/aromatic N) is 2. The molecule has 0 saturated carbocycles. The molecule has 0 saturated heterocycles. The van der Waals surface area contributed by atoms with Crippen LogP contribution in [0.2, 0.25) is 5.02 Å². The average Bonchev–Trinajstić information content (AvgIpc) is 2.60. The molecule has 0 unspecified atom stereocenters. The highest BCUT2D eigenvalue weighted by Crippen LogP contribution is 2.24. The molecule has 132 valence electrons. The van der Waals surface area contributed by atoms with Crippen LogP contribution in [-0.4, -0.2) is 28.5 Å². The number of nitro benzene ring substituents is 1. The molecular weight excluding hydrogens is 360 g/mol. The number of carbonyl (C=O) groups excluding carboxylic acids is 1. The smallest absolute Gasteiger partial charge is 0.269 e. The normalized spacial score (nSPS) is 11.8. The van der Waals surface area contributed by atoms with E-state index in [1.165, 1.54) is 23.9 Å². The van der Waals surface area contributed by atoms with E-state index in [0.29, 0.717) is 16.5 Å². The van der Waals surface area contributed by atoms with Crippen LogP contribution in [0.15, 0.2) is 48.5 Å². The first-order valence-corrected chi connectivity index (χ1v) is 9.24. The van der Waals surface area contributed by atoms with Gasteiger partial charge >= 0.3 is 0 Å². The minimum Gasteiger partial charge on any atom is -0.338 e. The van der Waals surface area contributed by atoms with Crippen molar-refractivity contribution in [2.75, 3.05) is 12.8 Å². The molecule has 0 aliphatic carbocycles. The van der Waals surface area contributed by atoms with E-state index in [2.05, 4.69) is 0 Å². The Morgan fingerprint density at radius 2 is 2.00 bits per heavy atom. The number of benzene rings is 2. The predicted molar refractivity (Wildman–Crippen MR) is 102 cm³/mol.